The molecule has 0 aliphatic carbocycles. The van der Waals surface area contributed by atoms with Gasteiger partial charge in [0, 0.05) is 11.9 Å². The summed E-state index contributed by atoms with van der Waals surface area (Å²) in [5, 5.41) is 5.13. The van der Waals surface area contributed by atoms with E-state index in [-0.39, 0.29) is 5.56 Å². The number of urea groups is 1. The fourth-order valence-corrected chi connectivity index (χ4v) is 2.59. The Morgan fingerprint density at radius 1 is 1.18 bits per heavy atom. The topological polar surface area (TPSA) is 111 Å². The normalized spacial score (nSPS) is 11.6. The Labute approximate surface area is 160 Å². The van der Waals surface area contributed by atoms with E-state index in [1.165, 1.54) is 13.2 Å². The van der Waals surface area contributed by atoms with Gasteiger partial charge >= 0.3 is 12.0 Å². The molecule has 1 unspecified atom stereocenters. The number of hydrogen-bond donors (Lipinski definition) is 2. The number of ether oxygens (including phenoxy) is 1. The molecule has 1 aromatic carbocycles. The number of esters is 1. The number of aromatic nitrogens is 1. The van der Waals surface area contributed by atoms with Crippen LogP contribution in [0.4, 0.5) is 4.79 Å². The Hall–Kier alpha value is -3.68. The number of nitrogens with zero attached hydrogens (tertiary/aromatic N) is 1. The van der Waals surface area contributed by atoms with Crippen LogP contribution in [-0.2, 0) is 9.53 Å². The van der Waals surface area contributed by atoms with Gasteiger partial charge in [0.05, 0.1) is 17.3 Å². The molecule has 3 amide bonds. The number of amides is 3. The Morgan fingerprint density at radius 2 is 1.96 bits per heavy atom. The number of para-hydroxylation sites is 1. The number of benzene rings is 1. The van der Waals surface area contributed by atoms with Crippen molar-refractivity contribution >= 4 is 28.8 Å². The molecule has 1 atom stereocenters. The van der Waals surface area contributed by atoms with Crippen LogP contribution in [0.3, 0.4) is 0 Å². The molecule has 0 fully saturated rings. The smallest absolute Gasteiger partial charge is 0.339 e. The number of carbonyl (C=O) groups is 3. The summed E-state index contributed by atoms with van der Waals surface area (Å²) in [4.78, 5) is 40.7. The lowest BCUT2D eigenvalue weighted by Crippen LogP contribution is -2.44. The maximum Gasteiger partial charge on any atom is 0.339 e. The van der Waals surface area contributed by atoms with Gasteiger partial charge in [-0.15, -0.1) is 0 Å². The number of fused-ring (bicyclic) bond motifs is 1. The summed E-state index contributed by atoms with van der Waals surface area (Å²) in [5.74, 6) is -0.921. The standard InChI is InChI=1S/C20H19N3O5/c1-3-21-20(26)23-18(24)12(2)28-19(25)14-11-16(17-9-6-10-27-17)22-15-8-5-4-7-13(14)15/h4-12H,3H2,1-2H3,(H2,21,23,24,26). The zero-order valence-electron chi connectivity index (χ0n) is 15.4. The average Bonchev–Trinajstić information content (AvgIpc) is 3.22. The third-order valence-corrected chi connectivity index (χ3v) is 3.94. The van der Waals surface area contributed by atoms with E-state index in [4.69, 9.17) is 9.15 Å². The quantitative estimate of drug-likeness (QED) is 0.658. The van der Waals surface area contributed by atoms with Crippen LogP contribution in [0.25, 0.3) is 22.4 Å². The maximum absolute atomic E-state index is 12.7. The summed E-state index contributed by atoms with van der Waals surface area (Å²) in [6.07, 6.45) is 0.354. The van der Waals surface area contributed by atoms with Crippen LogP contribution in [0, 0.1) is 0 Å². The van der Waals surface area contributed by atoms with Crippen molar-refractivity contribution in [2.75, 3.05) is 6.54 Å². The first-order valence-electron chi connectivity index (χ1n) is 8.73. The average molecular weight is 381 g/mol. The van der Waals surface area contributed by atoms with Crippen molar-refractivity contribution < 1.29 is 23.5 Å². The highest BCUT2D eigenvalue weighted by atomic mass is 16.5. The van der Waals surface area contributed by atoms with E-state index in [0.717, 1.165) is 0 Å². The number of pyridine rings is 1. The molecule has 8 heteroatoms. The second kappa shape index (κ2) is 8.34. The van der Waals surface area contributed by atoms with Gasteiger partial charge in [-0.2, -0.15) is 0 Å². The molecule has 3 aromatic rings. The van der Waals surface area contributed by atoms with Crippen LogP contribution in [-0.4, -0.2) is 35.5 Å². The first kappa shape index (κ1) is 19.1. The fraction of sp³-hybridized carbons (Fsp3) is 0.200. The van der Waals surface area contributed by atoms with E-state index in [2.05, 4.69) is 15.6 Å². The highest BCUT2D eigenvalue weighted by Crippen LogP contribution is 2.26. The first-order chi connectivity index (χ1) is 13.5. The number of nitrogens with one attached hydrogen (secondary N) is 2. The van der Waals surface area contributed by atoms with Crippen molar-refractivity contribution in [1.82, 2.24) is 15.6 Å². The summed E-state index contributed by atoms with van der Waals surface area (Å²) in [6, 6.07) is 11.4. The van der Waals surface area contributed by atoms with Crippen molar-refractivity contribution in [1.29, 1.82) is 0 Å². The molecule has 0 saturated carbocycles. The summed E-state index contributed by atoms with van der Waals surface area (Å²) in [7, 11) is 0. The summed E-state index contributed by atoms with van der Waals surface area (Å²) in [5.41, 5.74) is 1.30. The van der Waals surface area contributed by atoms with Gasteiger partial charge in [0.15, 0.2) is 11.9 Å². The Balaban J connectivity index is 1.86. The van der Waals surface area contributed by atoms with Crippen LogP contribution in [0.2, 0.25) is 0 Å². The summed E-state index contributed by atoms with van der Waals surface area (Å²) < 4.78 is 10.6. The fourth-order valence-electron chi connectivity index (χ4n) is 2.59. The SMILES string of the molecule is CCNC(=O)NC(=O)C(C)OC(=O)c1cc(-c2ccco2)nc2ccccc12. The molecule has 0 aliphatic heterocycles. The third-order valence-electron chi connectivity index (χ3n) is 3.94. The van der Waals surface area contributed by atoms with Crippen LogP contribution in [0.5, 0.6) is 0 Å². The molecule has 2 aromatic heterocycles. The van der Waals surface area contributed by atoms with Gasteiger partial charge < -0.3 is 14.5 Å². The van der Waals surface area contributed by atoms with Gasteiger partial charge in [-0.05, 0) is 38.1 Å². The second-order valence-corrected chi connectivity index (χ2v) is 5.95. The molecule has 144 valence electrons. The van der Waals surface area contributed by atoms with Crippen molar-refractivity contribution in [2.45, 2.75) is 20.0 Å². The molecule has 3 rings (SSSR count). The van der Waals surface area contributed by atoms with E-state index in [1.54, 1.807) is 49.4 Å². The van der Waals surface area contributed by atoms with Gasteiger partial charge in [0.2, 0.25) is 0 Å². The molecule has 0 aliphatic rings. The zero-order chi connectivity index (χ0) is 20.1. The van der Waals surface area contributed by atoms with Gasteiger partial charge in [0.1, 0.15) is 5.69 Å². The third kappa shape index (κ3) is 4.17. The van der Waals surface area contributed by atoms with E-state index < -0.39 is 24.0 Å². The van der Waals surface area contributed by atoms with E-state index in [0.29, 0.717) is 28.9 Å². The first-order valence-corrected chi connectivity index (χ1v) is 8.73. The van der Waals surface area contributed by atoms with Crippen molar-refractivity contribution in [3.8, 4) is 11.5 Å². The highest BCUT2D eigenvalue weighted by molar-refractivity contribution is 6.05. The number of hydrogen-bond acceptors (Lipinski definition) is 6. The molecular formula is C20H19N3O5. The van der Waals surface area contributed by atoms with Crippen LogP contribution >= 0.6 is 0 Å². The van der Waals surface area contributed by atoms with Gasteiger partial charge in [-0.3, -0.25) is 10.1 Å². The Morgan fingerprint density at radius 3 is 2.68 bits per heavy atom. The second-order valence-electron chi connectivity index (χ2n) is 5.95. The largest absolute Gasteiger partial charge is 0.463 e. The number of imide groups is 1. The molecule has 0 radical (unpaired) electrons. The summed E-state index contributed by atoms with van der Waals surface area (Å²) >= 11 is 0. The minimum absolute atomic E-state index is 0.245. The Bertz CT molecular complexity index is 1010. The molecule has 2 N–H and O–H groups in total. The number of rotatable bonds is 5. The molecular weight excluding hydrogens is 362 g/mol. The predicted molar refractivity (Wildman–Crippen MR) is 102 cm³/mol. The van der Waals surface area contributed by atoms with E-state index in [1.807, 2.05) is 0 Å². The maximum atomic E-state index is 12.7. The summed E-state index contributed by atoms with van der Waals surface area (Å²) in [6.45, 7) is 3.48. The number of furan rings is 1. The van der Waals surface area contributed by atoms with Crippen molar-refractivity contribution in [3.05, 3.63) is 54.3 Å². The minimum atomic E-state index is -1.16. The molecule has 0 bridgehead atoms. The molecule has 28 heavy (non-hydrogen) atoms. The molecule has 8 nitrogen and oxygen atoms in total. The number of carbonyl (C=O) groups excluding carboxylic acids is 3. The van der Waals surface area contributed by atoms with Crippen LogP contribution in [0.1, 0.15) is 24.2 Å². The van der Waals surface area contributed by atoms with Gasteiger partial charge in [-0.25, -0.2) is 14.6 Å². The van der Waals surface area contributed by atoms with E-state index >= 15 is 0 Å². The van der Waals surface area contributed by atoms with Crippen molar-refractivity contribution in [3.63, 3.8) is 0 Å². The minimum Gasteiger partial charge on any atom is -0.463 e. The van der Waals surface area contributed by atoms with Gasteiger partial charge in [-0.1, -0.05) is 18.2 Å². The zero-order valence-corrected chi connectivity index (χ0v) is 15.4. The lowest BCUT2D eigenvalue weighted by molar-refractivity contribution is -0.127. The van der Waals surface area contributed by atoms with Crippen LogP contribution < -0.4 is 10.6 Å². The lowest BCUT2D eigenvalue weighted by Gasteiger charge is -2.14. The van der Waals surface area contributed by atoms with E-state index in [9.17, 15) is 14.4 Å². The molecule has 0 saturated heterocycles. The molecule has 2 heterocycles. The van der Waals surface area contributed by atoms with Gasteiger partial charge in [0.25, 0.3) is 5.91 Å². The highest BCUT2D eigenvalue weighted by Gasteiger charge is 2.23. The van der Waals surface area contributed by atoms with Crippen LogP contribution in [0.15, 0.2) is 53.1 Å². The monoisotopic (exact) mass is 381 g/mol. The molecule has 0 spiro atoms. The van der Waals surface area contributed by atoms with Crippen molar-refractivity contribution in [2.24, 2.45) is 0 Å². The lowest BCUT2D eigenvalue weighted by atomic mass is 10.1. The Kier molecular flexibility index (Phi) is 5.69. The predicted octanol–water partition coefficient (Wildman–Crippen LogP) is 2.89.